The first-order valence-corrected chi connectivity index (χ1v) is 7.73. The Morgan fingerprint density at radius 1 is 1.10 bits per heavy atom. The van der Waals surface area contributed by atoms with Crippen LogP contribution in [0.5, 0.6) is 0 Å². The van der Waals surface area contributed by atoms with Crippen molar-refractivity contribution in [3.05, 3.63) is 53.6 Å². The van der Waals surface area contributed by atoms with Gasteiger partial charge >= 0.3 is 0 Å². The van der Waals surface area contributed by atoms with Gasteiger partial charge in [-0.25, -0.2) is 0 Å². The fraction of sp³-hybridized carbons (Fsp3) is 0.500. The van der Waals surface area contributed by atoms with Crippen molar-refractivity contribution < 1.29 is 5.11 Å². The van der Waals surface area contributed by atoms with Crippen LogP contribution < -0.4 is 0 Å². The van der Waals surface area contributed by atoms with Crippen LogP contribution in [0.1, 0.15) is 51.0 Å². The summed E-state index contributed by atoms with van der Waals surface area (Å²) >= 11 is 0. The highest BCUT2D eigenvalue weighted by Gasteiger charge is 2.39. The Hall–Kier alpha value is -1.57. The number of aliphatic hydroxyl groups excluding tert-OH is 1. The second-order valence-electron chi connectivity index (χ2n) is 6.26. The first-order chi connectivity index (χ1) is 9.72. The average molecular weight is 269 g/mol. The summed E-state index contributed by atoms with van der Waals surface area (Å²) < 4.78 is 0. The van der Waals surface area contributed by atoms with E-state index in [9.17, 15) is 5.11 Å². The van der Waals surface area contributed by atoms with Crippen LogP contribution in [-0.2, 0) is 5.41 Å². The smallest absolute Gasteiger partial charge is 0.0928 e. The summed E-state index contributed by atoms with van der Waals surface area (Å²) in [6.45, 7) is 2.24. The molecule has 1 atom stereocenters. The molecule has 0 spiro atoms. The lowest BCUT2D eigenvalue weighted by atomic mass is 9.61. The van der Waals surface area contributed by atoms with E-state index in [-0.39, 0.29) is 5.41 Å². The number of pyridine rings is 1. The first-order valence-electron chi connectivity index (χ1n) is 7.73. The molecular formula is C18H23NO. The highest BCUT2D eigenvalue weighted by molar-refractivity contribution is 5.41. The lowest BCUT2D eigenvalue weighted by Gasteiger charge is -2.43. The summed E-state index contributed by atoms with van der Waals surface area (Å²) in [5.41, 5.74) is 3.07. The van der Waals surface area contributed by atoms with Crippen LogP contribution in [0.3, 0.4) is 0 Å². The number of rotatable bonds is 2. The predicted molar refractivity (Wildman–Crippen MR) is 81.6 cm³/mol. The van der Waals surface area contributed by atoms with Crippen molar-refractivity contribution in [1.82, 2.24) is 4.98 Å². The van der Waals surface area contributed by atoms with Gasteiger partial charge in [0.1, 0.15) is 0 Å². The molecule has 3 rings (SSSR count). The third kappa shape index (κ3) is 2.28. The summed E-state index contributed by atoms with van der Waals surface area (Å²) in [6.07, 6.45) is 15.0. The molecule has 1 fully saturated rings. The van der Waals surface area contributed by atoms with Crippen LogP contribution in [0.2, 0.25) is 0 Å². The second-order valence-corrected chi connectivity index (χ2v) is 6.26. The molecule has 20 heavy (non-hydrogen) atoms. The predicted octanol–water partition coefficient (Wildman–Crippen LogP) is 4.69. The van der Waals surface area contributed by atoms with Crippen molar-refractivity contribution in [2.75, 3.05) is 0 Å². The van der Waals surface area contributed by atoms with Crippen molar-refractivity contribution in [1.29, 1.82) is 0 Å². The molecule has 1 aromatic heterocycles. The van der Waals surface area contributed by atoms with Crippen LogP contribution in [0.25, 0.3) is 0 Å². The maximum absolute atomic E-state index is 9.76. The minimum Gasteiger partial charge on any atom is -0.512 e. The molecule has 106 valence electrons. The van der Waals surface area contributed by atoms with Crippen LogP contribution in [0.15, 0.2) is 48.0 Å². The van der Waals surface area contributed by atoms with Gasteiger partial charge in [0, 0.05) is 24.2 Å². The Labute approximate surface area is 121 Å². The van der Waals surface area contributed by atoms with E-state index in [1.165, 1.54) is 43.2 Å². The highest BCUT2D eigenvalue weighted by Crippen LogP contribution is 2.49. The Morgan fingerprint density at radius 2 is 1.80 bits per heavy atom. The number of hydrogen-bond acceptors (Lipinski definition) is 2. The lowest BCUT2D eigenvalue weighted by molar-refractivity contribution is 0.297. The van der Waals surface area contributed by atoms with Gasteiger partial charge in [-0.15, -0.1) is 0 Å². The Bertz CT molecular complexity index is 524. The van der Waals surface area contributed by atoms with E-state index in [1.807, 2.05) is 18.5 Å². The van der Waals surface area contributed by atoms with E-state index in [4.69, 9.17) is 0 Å². The van der Waals surface area contributed by atoms with E-state index in [2.05, 4.69) is 30.1 Å². The zero-order chi connectivity index (χ0) is 14.0. The van der Waals surface area contributed by atoms with Crippen molar-refractivity contribution in [3.63, 3.8) is 0 Å². The molecule has 0 saturated heterocycles. The number of hydrogen-bond donors (Lipinski definition) is 1. The normalized spacial score (nSPS) is 25.8. The third-order valence-corrected chi connectivity index (χ3v) is 4.99. The minimum absolute atomic E-state index is 0.164. The van der Waals surface area contributed by atoms with E-state index >= 15 is 0 Å². The summed E-state index contributed by atoms with van der Waals surface area (Å²) in [7, 11) is 0. The van der Waals surface area contributed by atoms with Crippen LogP contribution >= 0.6 is 0 Å². The van der Waals surface area contributed by atoms with Gasteiger partial charge in [0.2, 0.25) is 0 Å². The highest BCUT2D eigenvalue weighted by atomic mass is 16.3. The number of allylic oxidation sites excluding steroid dienone is 4. The molecule has 2 nitrogen and oxygen atoms in total. The molecule has 2 aliphatic rings. The standard InChI is InChI=1S/C18H23NO/c1-14-13-16(20)5-6-17(14)18(9-3-2-4-10-18)15-7-11-19-12-8-15/h5-8,11-12,14,20H,2-4,9-10,13H2,1H3. The van der Waals surface area contributed by atoms with Crippen LogP contribution in [0.4, 0.5) is 0 Å². The SMILES string of the molecule is CC1CC(O)=CC=C1C1(c2ccncc2)CCCCC1. The Kier molecular flexibility index (Phi) is 3.64. The zero-order valence-electron chi connectivity index (χ0n) is 12.2. The molecule has 1 saturated carbocycles. The summed E-state index contributed by atoms with van der Waals surface area (Å²) in [4.78, 5) is 4.18. The summed E-state index contributed by atoms with van der Waals surface area (Å²) in [6, 6.07) is 4.36. The zero-order valence-corrected chi connectivity index (χ0v) is 12.2. The molecule has 2 aliphatic carbocycles. The van der Waals surface area contributed by atoms with E-state index in [1.54, 1.807) is 0 Å². The van der Waals surface area contributed by atoms with Crippen molar-refractivity contribution in [3.8, 4) is 0 Å². The quantitative estimate of drug-likeness (QED) is 0.844. The topological polar surface area (TPSA) is 33.1 Å². The Morgan fingerprint density at radius 3 is 2.45 bits per heavy atom. The molecule has 0 radical (unpaired) electrons. The average Bonchev–Trinajstić information content (AvgIpc) is 2.49. The van der Waals surface area contributed by atoms with Gasteiger partial charge in [0.15, 0.2) is 0 Å². The lowest BCUT2D eigenvalue weighted by Crippen LogP contribution is -2.35. The third-order valence-electron chi connectivity index (χ3n) is 4.99. The van der Waals surface area contributed by atoms with Gasteiger partial charge in [0.25, 0.3) is 0 Å². The molecule has 0 aromatic carbocycles. The van der Waals surface area contributed by atoms with Crippen molar-refractivity contribution in [2.24, 2.45) is 5.92 Å². The molecule has 1 heterocycles. The second kappa shape index (κ2) is 5.43. The largest absolute Gasteiger partial charge is 0.512 e. The van der Waals surface area contributed by atoms with Gasteiger partial charge in [-0.2, -0.15) is 0 Å². The van der Waals surface area contributed by atoms with E-state index in [0.717, 1.165) is 6.42 Å². The van der Waals surface area contributed by atoms with Crippen molar-refractivity contribution in [2.45, 2.75) is 50.9 Å². The molecule has 1 N–H and O–H groups in total. The monoisotopic (exact) mass is 269 g/mol. The van der Waals surface area contributed by atoms with Crippen LogP contribution in [-0.4, -0.2) is 10.1 Å². The maximum atomic E-state index is 9.76. The molecule has 0 amide bonds. The number of aliphatic hydroxyl groups is 1. The van der Waals surface area contributed by atoms with E-state index < -0.39 is 0 Å². The van der Waals surface area contributed by atoms with Gasteiger partial charge in [0.05, 0.1) is 5.76 Å². The van der Waals surface area contributed by atoms with Gasteiger partial charge < -0.3 is 5.11 Å². The fourth-order valence-corrected chi connectivity index (χ4v) is 4.04. The van der Waals surface area contributed by atoms with Crippen LogP contribution in [0, 0.1) is 5.92 Å². The maximum Gasteiger partial charge on any atom is 0.0928 e. The minimum atomic E-state index is 0.164. The molecule has 2 heteroatoms. The molecule has 1 aromatic rings. The van der Waals surface area contributed by atoms with Crippen molar-refractivity contribution >= 4 is 0 Å². The molecule has 0 bridgehead atoms. The first kappa shape index (κ1) is 13.4. The molecule has 0 aliphatic heterocycles. The van der Waals surface area contributed by atoms with Gasteiger partial charge in [-0.1, -0.05) is 37.8 Å². The summed E-state index contributed by atoms with van der Waals surface area (Å²) in [5.74, 6) is 0.938. The summed E-state index contributed by atoms with van der Waals surface area (Å²) in [5, 5.41) is 9.76. The van der Waals surface area contributed by atoms with Gasteiger partial charge in [-0.3, -0.25) is 4.98 Å². The molecule has 1 unspecified atom stereocenters. The number of aromatic nitrogens is 1. The van der Waals surface area contributed by atoms with E-state index in [0.29, 0.717) is 11.7 Å². The Balaban J connectivity index is 2.07. The van der Waals surface area contributed by atoms with Gasteiger partial charge in [-0.05, 0) is 42.5 Å². The molecular weight excluding hydrogens is 246 g/mol. The fourth-order valence-electron chi connectivity index (χ4n) is 4.04. The number of nitrogens with zero attached hydrogens (tertiary/aromatic N) is 1.